The molecule has 0 bridgehead atoms. The molecule has 3 rings (SSSR count). The molecule has 5 heteroatoms. The summed E-state index contributed by atoms with van der Waals surface area (Å²) in [5.41, 5.74) is 1.46. The average Bonchev–Trinajstić information content (AvgIpc) is 2.51. The summed E-state index contributed by atoms with van der Waals surface area (Å²) in [7, 11) is 0. The van der Waals surface area contributed by atoms with Crippen LogP contribution in [0.2, 0.25) is 0 Å². The molecule has 0 aromatic heterocycles. The Balaban J connectivity index is 1.78. The van der Waals surface area contributed by atoms with Gasteiger partial charge in [0.2, 0.25) is 5.91 Å². The number of hydrogen-bond acceptors (Lipinski definition) is 2. The van der Waals surface area contributed by atoms with Gasteiger partial charge in [-0.3, -0.25) is 4.79 Å². The van der Waals surface area contributed by atoms with Crippen molar-refractivity contribution >= 4 is 27.8 Å². The molecular formula is C19H18BrNO3. The predicted molar refractivity (Wildman–Crippen MR) is 94.9 cm³/mol. The van der Waals surface area contributed by atoms with Gasteiger partial charge in [0.05, 0.1) is 17.5 Å². The van der Waals surface area contributed by atoms with Crippen LogP contribution >= 0.6 is 15.9 Å². The number of hydrogen-bond donors (Lipinski definition) is 2. The first-order valence-corrected chi connectivity index (χ1v) is 8.68. The van der Waals surface area contributed by atoms with E-state index in [2.05, 4.69) is 21.2 Å². The Kier molecular flexibility index (Phi) is 4.71. The maximum absolute atomic E-state index is 12.5. The number of halogens is 1. The van der Waals surface area contributed by atoms with Crippen LogP contribution in [0.5, 0.6) is 0 Å². The van der Waals surface area contributed by atoms with Gasteiger partial charge in [-0.1, -0.05) is 46.3 Å². The van der Waals surface area contributed by atoms with E-state index in [-0.39, 0.29) is 23.4 Å². The van der Waals surface area contributed by atoms with Gasteiger partial charge >= 0.3 is 5.97 Å². The molecule has 1 fully saturated rings. The van der Waals surface area contributed by atoms with Crippen LogP contribution in [0, 0.1) is 0 Å². The van der Waals surface area contributed by atoms with Gasteiger partial charge in [-0.25, -0.2) is 4.79 Å². The Bertz CT molecular complexity index is 784. The normalized spacial score (nSPS) is 15.4. The minimum Gasteiger partial charge on any atom is -0.478 e. The molecule has 0 saturated heterocycles. The summed E-state index contributed by atoms with van der Waals surface area (Å²) in [5, 5.41) is 12.4. The Labute approximate surface area is 149 Å². The van der Waals surface area contributed by atoms with Gasteiger partial charge in [0, 0.05) is 4.47 Å². The topological polar surface area (TPSA) is 66.4 Å². The molecule has 0 heterocycles. The van der Waals surface area contributed by atoms with E-state index in [1.54, 1.807) is 18.2 Å². The number of amides is 1. The summed E-state index contributed by atoms with van der Waals surface area (Å²) < 4.78 is 0.983. The molecule has 2 aromatic rings. The Morgan fingerprint density at radius 2 is 1.88 bits per heavy atom. The van der Waals surface area contributed by atoms with Crippen molar-refractivity contribution in [3.8, 4) is 0 Å². The lowest BCUT2D eigenvalue weighted by Gasteiger charge is -2.43. The Morgan fingerprint density at radius 1 is 1.12 bits per heavy atom. The van der Waals surface area contributed by atoms with Crippen LogP contribution in [0.4, 0.5) is 0 Å². The molecule has 24 heavy (non-hydrogen) atoms. The molecule has 0 aliphatic heterocycles. The van der Waals surface area contributed by atoms with Crippen LogP contribution in [0.25, 0.3) is 0 Å². The molecule has 1 amide bonds. The van der Waals surface area contributed by atoms with Crippen molar-refractivity contribution in [1.29, 1.82) is 0 Å². The number of benzene rings is 2. The molecule has 2 N–H and O–H groups in total. The van der Waals surface area contributed by atoms with Crippen LogP contribution in [0.3, 0.4) is 0 Å². The lowest BCUT2D eigenvalue weighted by molar-refractivity contribution is -0.123. The lowest BCUT2D eigenvalue weighted by atomic mass is 9.71. The molecule has 4 nitrogen and oxygen atoms in total. The lowest BCUT2D eigenvalue weighted by Crippen LogP contribution is -2.51. The second-order valence-electron chi connectivity index (χ2n) is 6.13. The van der Waals surface area contributed by atoms with E-state index in [4.69, 9.17) is 0 Å². The maximum atomic E-state index is 12.5. The number of rotatable bonds is 5. The van der Waals surface area contributed by atoms with Gasteiger partial charge in [-0.05, 0) is 48.6 Å². The van der Waals surface area contributed by atoms with Crippen molar-refractivity contribution in [3.05, 3.63) is 69.7 Å². The van der Waals surface area contributed by atoms with Crippen LogP contribution in [-0.4, -0.2) is 17.0 Å². The standard InChI is InChI=1S/C19H18BrNO3/c20-15-7-3-6-14(12-15)19(9-4-10-19)21-17(22)11-13-5-1-2-8-16(13)18(23)24/h1-3,5-8,12H,4,9-11H2,(H,21,22)(H,23,24). The number of aromatic carboxylic acids is 1. The molecule has 1 saturated carbocycles. The summed E-state index contributed by atoms with van der Waals surface area (Å²) in [5.74, 6) is -1.16. The highest BCUT2D eigenvalue weighted by atomic mass is 79.9. The van der Waals surface area contributed by atoms with E-state index in [9.17, 15) is 14.7 Å². The van der Waals surface area contributed by atoms with Crippen molar-refractivity contribution in [2.45, 2.75) is 31.2 Å². The van der Waals surface area contributed by atoms with Crippen LogP contribution < -0.4 is 5.32 Å². The van der Waals surface area contributed by atoms with Crippen molar-refractivity contribution < 1.29 is 14.7 Å². The zero-order chi connectivity index (χ0) is 17.2. The van der Waals surface area contributed by atoms with Crippen molar-refractivity contribution in [2.24, 2.45) is 0 Å². The molecule has 1 aliphatic carbocycles. The monoisotopic (exact) mass is 387 g/mol. The second-order valence-corrected chi connectivity index (χ2v) is 7.05. The zero-order valence-electron chi connectivity index (χ0n) is 13.1. The van der Waals surface area contributed by atoms with Gasteiger partial charge in [-0.15, -0.1) is 0 Å². The van der Waals surface area contributed by atoms with Crippen molar-refractivity contribution in [3.63, 3.8) is 0 Å². The fraction of sp³-hybridized carbons (Fsp3) is 0.263. The van der Waals surface area contributed by atoms with Gasteiger partial charge < -0.3 is 10.4 Å². The molecule has 0 radical (unpaired) electrons. The third-order valence-electron chi connectivity index (χ3n) is 4.56. The summed E-state index contributed by atoms with van der Waals surface area (Å²) in [6.45, 7) is 0. The number of carbonyl (C=O) groups is 2. The summed E-state index contributed by atoms with van der Waals surface area (Å²) in [6.07, 6.45) is 2.93. The van der Waals surface area contributed by atoms with E-state index in [1.807, 2.05) is 24.3 Å². The Hall–Kier alpha value is -2.14. The van der Waals surface area contributed by atoms with E-state index in [0.717, 1.165) is 29.3 Å². The van der Waals surface area contributed by atoms with E-state index in [0.29, 0.717) is 5.56 Å². The maximum Gasteiger partial charge on any atom is 0.335 e. The first kappa shape index (κ1) is 16.7. The summed E-state index contributed by atoms with van der Waals surface area (Å²) >= 11 is 3.48. The minimum absolute atomic E-state index is 0.0677. The summed E-state index contributed by atoms with van der Waals surface area (Å²) in [6, 6.07) is 14.6. The second kappa shape index (κ2) is 6.77. The fourth-order valence-corrected chi connectivity index (χ4v) is 3.57. The highest BCUT2D eigenvalue weighted by Crippen LogP contribution is 2.42. The molecule has 0 unspecified atom stereocenters. The van der Waals surface area contributed by atoms with Gasteiger partial charge in [0.1, 0.15) is 0 Å². The quantitative estimate of drug-likeness (QED) is 0.817. The van der Waals surface area contributed by atoms with Gasteiger partial charge in [-0.2, -0.15) is 0 Å². The van der Waals surface area contributed by atoms with Crippen LogP contribution in [0.15, 0.2) is 53.0 Å². The SMILES string of the molecule is O=C(Cc1ccccc1C(=O)O)NC1(c2cccc(Br)c2)CCC1. The van der Waals surface area contributed by atoms with Crippen molar-refractivity contribution in [1.82, 2.24) is 5.32 Å². The fourth-order valence-electron chi connectivity index (χ4n) is 3.17. The number of nitrogens with one attached hydrogen (secondary N) is 1. The first-order valence-electron chi connectivity index (χ1n) is 7.88. The van der Waals surface area contributed by atoms with Crippen LogP contribution in [0.1, 0.15) is 40.7 Å². The summed E-state index contributed by atoms with van der Waals surface area (Å²) in [4.78, 5) is 23.8. The van der Waals surface area contributed by atoms with E-state index < -0.39 is 5.97 Å². The minimum atomic E-state index is -1.01. The smallest absolute Gasteiger partial charge is 0.335 e. The highest BCUT2D eigenvalue weighted by molar-refractivity contribution is 9.10. The van der Waals surface area contributed by atoms with Gasteiger partial charge in [0.25, 0.3) is 0 Å². The molecular weight excluding hydrogens is 370 g/mol. The third kappa shape index (κ3) is 3.36. The van der Waals surface area contributed by atoms with Crippen molar-refractivity contribution in [2.75, 3.05) is 0 Å². The molecule has 0 spiro atoms. The predicted octanol–water partition coefficient (Wildman–Crippen LogP) is 3.89. The number of carbonyl (C=O) groups excluding carboxylic acids is 1. The van der Waals surface area contributed by atoms with Gasteiger partial charge in [0.15, 0.2) is 0 Å². The Morgan fingerprint density at radius 3 is 2.50 bits per heavy atom. The number of carboxylic acids is 1. The first-order chi connectivity index (χ1) is 11.5. The molecule has 0 atom stereocenters. The largest absolute Gasteiger partial charge is 0.478 e. The van der Waals surface area contributed by atoms with Crippen LogP contribution in [-0.2, 0) is 16.8 Å². The molecule has 2 aromatic carbocycles. The molecule has 1 aliphatic rings. The van der Waals surface area contributed by atoms with E-state index >= 15 is 0 Å². The molecule has 124 valence electrons. The zero-order valence-corrected chi connectivity index (χ0v) is 14.7. The average molecular weight is 388 g/mol. The third-order valence-corrected chi connectivity index (χ3v) is 5.06. The number of carboxylic acid groups (broad SMARTS) is 1. The van der Waals surface area contributed by atoms with E-state index in [1.165, 1.54) is 6.07 Å². The highest BCUT2D eigenvalue weighted by Gasteiger charge is 2.40.